The lowest BCUT2D eigenvalue weighted by atomic mass is 9.79. The molecule has 1 saturated heterocycles. The number of Topliss-reactive ketones (excluding diaryl/α,β-unsaturated/α-hetero) is 1. The number of nitrogens with zero attached hydrogens (tertiary/aromatic N) is 2. The van der Waals surface area contributed by atoms with Crippen molar-refractivity contribution >= 4 is 17.4 Å². The van der Waals surface area contributed by atoms with Crippen molar-refractivity contribution in [3.63, 3.8) is 0 Å². The van der Waals surface area contributed by atoms with E-state index in [9.17, 15) is 14.7 Å². The Balaban J connectivity index is 1.20. The predicted molar refractivity (Wildman–Crippen MR) is 155 cm³/mol. The van der Waals surface area contributed by atoms with Crippen molar-refractivity contribution < 1.29 is 24.2 Å². The van der Waals surface area contributed by atoms with Gasteiger partial charge in [-0.15, -0.1) is 0 Å². The van der Waals surface area contributed by atoms with Crippen LogP contribution in [0.1, 0.15) is 87.1 Å². The SMILES string of the molecule is COc1ccc(C(=O)C2CCC(C)CC2)c(N2CCC(COc3cc([C@H](C4CC4)[C@H](C)C(=O)O)ccn3)CC2)c1. The van der Waals surface area contributed by atoms with E-state index in [0.29, 0.717) is 30.2 Å². The minimum absolute atomic E-state index is 0.00266. The van der Waals surface area contributed by atoms with Gasteiger partial charge in [0.25, 0.3) is 0 Å². The zero-order valence-corrected chi connectivity index (χ0v) is 24.2. The number of benzene rings is 1. The zero-order valence-electron chi connectivity index (χ0n) is 24.2. The molecule has 3 aliphatic rings. The minimum Gasteiger partial charge on any atom is -0.497 e. The summed E-state index contributed by atoms with van der Waals surface area (Å²) in [6.07, 6.45) is 10.1. The van der Waals surface area contributed by atoms with Crippen molar-refractivity contribution in [1.82, 2.24) is 4.98 Å². The topological polar surface area (TPSA) is 89.0 Å². The average molecular weight is 549 g/mol. The van der Waals surface area contributed by atoms with Gasteiger partial charge in [0.1, 0.15) is 5.75 Å². The monoisotopic (exact) mass is 548 g/mol. The number of methoxy groups -OCH3 is 1. The highest BCUT2D eigenvalue weighted by Gasteiger charge is 2.39. The maximum Gasteiger partial charge on any atom is 0.306 e. The summed E-state index contributed by atoms with van der Waals surface area (Å²) in [7, 11) is 1.67. The van der Waals surface area contributed by atoms with Crippen LogP contribution in [0.25, 0.3) is 0 Å². The highest BCUT2D eigenvalue weighted by Crippen LogP contribution is 2.47. The maximum absolute atomic E-state index is 13.6. The van der Waals surface area contributed by atoms with Crippen LogP contribution in [0.2, 0.25) is 0 Å². The van der Waals surface area contributed by atoms with Crippen LogP contribution in [0.5, 0.6) is 11.6 Å². The molecule has 0 amide bonds. The fourth-order valence-electron chi connectivity index (χ4n) is 6.68. The van der Waals surface area contributed by atoms with Gasteiger partial charge in [0.05, 0.1) is 25.3 Å². The molecule has 5 rings (SSSR count). The number of carboxylic acid groups (broad SMARTS) is 1. The summed E-state index contributed by atoms with van der Waals surface area (Å²) in [6, 6.07) is 9.78. The Hall–Kier alpha value is -3.09. The first-order valence-electron chi connectivity index (χ1n) is 15.1. The van der Waals surface area contributed by atoms with E-state index in [1.54, 1.807) is 20.2 Å². The van der Waals surface area contributed by atoms with E-state index in [-0.39, 0.29) is 17.6 Å². The quantitative estimate of drug-likeness (QED) is 0.316. The smallest absolute Gasteiger partial charge is 0.306 e. The van der Waals surface area contributed by atoms with Gasteiger partial charge in [-0.2, -0.15) is 0 Å². The first kappa shape index (κ1) is 28.4. The molecule has 0 unspecified atom stereocenters. The number of hydrogen-bond acceptors (Lipinski definition) is 6. The van der Waals surface area contributed by atoms with Crippen LogP contribution in [0, 0.1) is 29.6 Å². The molecule has 2 aromatic rings. The van der Waals surface area contributed by atoms with Crippen LogP contribution in [-0.4, -0.2) is 48.6 Å². The summed E-state index contributed by atoms with van der Waals surface area (Å²) < 4.78 is 11.7. The van der Waals surface area contributed by atoms with Crippen LogP contribution in [0.3, 0.4) is 0 Å². The van der Waals surface area contributed by atoms with Gasteiger partial charge in [-0.3, -0.25) is 9.59 Å². The van der Waals surface area contributed by atoms with Crippen LogP contribution >= 0.6 is 0 Å². The number of carboxylic acids is 1. The van der Waals surface area contributed by atoms with Crippen molar-refractivity contribution in [3.05, 3.63) is 47.7 Å². The number of ether oxygens (including phenoxy) is 2. The molecule has 1 aromatic carbocycles. The van der Waals surface area contributed by atoms with Crippen LogP contribution in [0.4, 0.5) is 5.69 Å². The van der Waals surface area contributed by atoms with Crippen LogP contribution < -0.4 is 14.4 Å². The molecule has 7 heteroatoms. The number of carbonyl (C=O) groups excluding carboxylic acids is 1. The highest BCUT2D eigenvalue weighted by atomic mass is 16.5. The number of hydrogen-bond donors (Lipinski definition) is 1. The van der Waals surface area contributed by atoms with Crippen molar-refractivity contribution in [3.8, 4) is 11.6 Å². The molecule has 0 radical (unpaired) electrons. The maximum atomic E-state index is 13.6. The van der Waals surface area contributed by atoms with E-state index in [2.05, 4.69) is 16.8 Å². The number of anilines is 1. The summed E-state index contributed by atoms with van der Waals surface area (Å²) in [5.74, 6) is 2.11. The Morgan fingerprint density at radius 3 is 2.40 bits per heavy atom. The Morgan fingerprint density at radius 2 is 1.75 bits per heavy atom. The number of aliphatic carboxylic acids is 1. The van der Waals surface area contributed by atoms with Crippen LogP contribution in [0.15, 0.2) is 36.5 Å². The molecular weight excluding hydrogens is 504 g/mol. The third-order valence-electron chi connectivity index (χ3n) is 9.48. The first-order valence-corrected chi connectivity index (χ1v) is 15.1. The van der Waals surface area contributed by atoms with Crippen molar-refractivity contribution in [2.45, 2.75) is 71.1 Å². The van der Waals surface area contributed by atoms with Gasteiger partial charge in [0.2, 0.25) is 5.88 Å². The van der Waals surface area contributed by atoms with Crippen molar-refractivity contribution in [1.29, 1.82) is 0 Å². The molecule has 7 nitrogen and oxygen atoms in total. The van der Waals surface area contributed by atoms with E-state index in [1.807, 2.05) is 30.3 Å². The number of aromatic nitrogens is 1. The van der Waals surface area contributed by atoms with Gasteiger partial charge in [-0.1, -0.05) is 26.7 Å². The molecule has 1 aromatic heterocycles. The van der Waals surface area contributed by atoms with Crippen LogP contribution in [-0.2, 0) is 4.79 Å². The summed E-state index contributed by atoms with van der Waals surface area (Å²) in [5, 5.41) is 9.61. The summed E-state index contributed by atoms with van der Waals surface area (Å²) >= 11 is 0. The molecule has 2 aliphatic carbocycles. The average Bonchev–Trinajstić information content (AvgIpc) is 3.81. The number of pyridine rings is 1. The fraction of sp³-hybridized carbons (Fsp3) is 0.606. The molecule has 2 saturated carbocycles. The standard InChI is InChI=1S/C33H44N2O5/c1-21-4-6-25(7-5-21)32(36)28-11-10-27(39-3)19-29(28)35-16-13-23(14-17-35)20-40-30-18-26(12-15-34-30)31(24-8-9-24)22(2)33(37)38/h10-12,15,18-19,21-25,31H,4-9,13-14,16-17,20H2,1-3H3,(H,37,38)/t21?,22-,25?,31-/m0/s1. The van der Waals surface area contributed by atoms with Gasteiger partial charge < -0.3 is 19.5 Å². The van der Waals surface area contributed by atoms with E-state index in [4.69, 9.17) is 9.47 Å². The van der Waals surface area contributed by atoms with E-state index in [1.165, 1.54) is 0 Å². The normalized spacial score (nSPS) is 23.3. The highest BCUT2D eigenvalue weighted by molar-refractivity contribution is 6.03. The second-order valence-electron chi connectivity index (χ2n) is 12.4. The van der Waals surface area contributed by atoms with E-state index >= 15 is 0 Å². The molecule has 2 atom stereocenters. The second kappa shape index (κ2) is 12.6. The number of carbonyl (C=O) groups is 2. The first-order chi connectivity index (χ1) is 19.3. The van der Waals surface area contributed by atoms with Gasteiger partial charge in [-0.25, -0.2) is 4.98 Å². The summed E-state index contributed by atoms with van der Waals surface area (Å²) in [6.45, 7) is 6.38. The van der Waals surface area contributed by atoms with E-state index < -0.39 is 11.9 Å². The molecule has 1 N–H and O–H groups in total. The van der Waals surface area contributed by atoms with Gasteiger partial charge >= 0.3 is 5.97 Å². The van der Waals surface area contributed by atoms with Gasteiger partial charge in [-0.05, 0) is 86.0 Å². The van der Waals surface area contributed by atoms with Gasteiger partial charge in [0.15, 0.2) is 5.78 Å². The largest absolute Gasteiger partial charge is 0.497 e. The van der Waals surface area contributed by atoms with E-state index in [0.717, 1.165) is 87.0 Å². The molecule has 40 heavy (non-hydrogen) atoms. The minimum atomic E-state index is -0.753. The lowest BCUT2D eigenvalue weighted by Gasteiger charge is -2.35. The fourth-order valence-corrected chi connectivity index (χ4v) is 6.68. The van der Waals surface area contributed by atoms with Crippen molar-refractivity contribution in [2.24, 2.45) is 29.6 Å². The molecule has 2 heterocycles. The lowest BCUT2D eigenvalue weighted by molar-refractivity contribution is -0.142. The Labute approximate surface area is 238 Å². The van der Waals surface area contributed by atoms with Crippen molar-refractivity contribution in [2.75, 3.05) is 31.7 Å². The summed E-state index contributed by atoms with van der Waals surface area (Å²) in [4.78, 5) is 32.0. The Bertz CT molecular complexity index is 1180. The molecule has 0 spiro atoms. The van der Waals surface area contributed by atoms with Gasteiger partial charge in [0, 0.05) is 42.9 Å². The Morgan fingerprint density at radius 1 is 1.02 bits per heavy atom. The third kappa shape index (κ3) is 6.61. The Kier molecular flexibility index (Phi) is 8.97. The zero-order chi connectivity index (χ0) is 28.2. The summed E-state index contributed by atoms with van der Waals surface area (Å²) in [5.41, 5.74) is 2.84. The molecule has 0 bridgehead atoms. The lowest BCUT2D eigenvalue weighted by Crippen LogP contribution is -2.36. The second-order valence-corrected chi connectivity index (χ2v) is 12.4. The molecule has 3 fully saturated rings. The number of rotatable bonds is 11. The molecular formula is C33H44N2O5. The third-order valence-corrected chi connectivity index (χ3v) is 9.48. The number of ketones is 1. The predicted octanol–water partition coefficient (Wildman–Crippen LogP) is 6.61. The number of piperidine rings is 1. The molecule has 216 valence electrons. The molecule has 1 aliphatic heterocycles.